The van der Waals surface area contributed by atoms with E-state index in [0.29, 0.717) is 24.8 Å². The van der Waals surface area contributed by atoms with Crippen LogP contribution in [0.2, 0.25) is 0 Å². The highest BCUT2D eigenvalue weighted by Crippen LogP contribution is 2.34. The maximum Gasteiger partial charge on any atom is 0.214 e. The van der Waals surface area contributed by atoms with Gasteiger partial charge in [-0.2, -0.15) is 4.31 Å². The molecule has 1 atom stereocenters. The monoisotopic (exact) mass is 516 g/mol. The zero-order chi connectivity index (χ0) is 24.5. The van der Waals surface area contributed by atoms with Gasteiger partial charge < -0.3 is 15.0 Å². The molecule has 1 saturated carbocycles. The van der Waals surface area contributed by atoms with Crippen molar-refractivity contribution in [2.45, 2.75) is 48.8 Å². The largest absolute Gasteiger partial charge is 0.388 e. The normalized spacial score (nSPS) is 25.8. The standard InChI is InChI=1S/C24H32N6O3S2/c1-29(23-20-9-12-26-22(20)27-17-28-23)19-7-5-18(6-8-19)14-35(32,33)30-13-10-24(31,15-30)16-34-21-4-2-3-11-25-21/h2-4,9,11-12,17-19,31H,5-8,10,13-16H2,1H3,(H,26,27,28)/t18-,19-,24?. The van der Waals surface area contributed by atoms with E-state index in [9.17, 15) is 13.5 Å². The summed E-state index contributed by atoms with van der Waals surface area (Å²) in [6, 6.07) is 7.97. The number of aromatic amines is 1. The number of anilines is 1. The van der Waals surface area contributed by atoms with Gasteiger partial charge in [0.1, 0.15) is 17.8 Å². The van der Waals surface area contributed by atoms with Gasteiger partial charge in [0.05, 0.1) is 21.8 Å². The maximum atomic E-state index is 13.2. The smallest absolute Gasteiger partial charge is 0.214 e. The third-order valence-corrected chi connectivity index (χ3v) is 10.5. The van der Waals surface area contributed by atoms with Gasteiger partial charge in [0, 0.05) is 44.3 Å². The first-order valence-corrected chi connectivity index (χ1v) is 14.7. The summed E-state index contributed by atoms with van der Waals surface area (Å²) >= 11 is 1.47. The van der Waals surface area contributed by atoms with E-state index in [-0.39, 0.29) is 18.2 Å². The molecule has 3 aromatic heterocycles. The number of fused-ring (bicyclic) bond motifs is 1. The highest BCUT2D eigenvalue weighted by molar-refractivity contribution is 7.99. The third-order valence-electron chi connectivity index (χ3n) is 7.29. The summed E-state index contributed by atoms with van der Waals surface area (Å²) in [5.41, 5.74) is -0.192. The van der Waals surface area contributed by atoms with Crippen molar-refractivity contribution in [1.82, 2.24) is 24.2 Å². The van der Waals surface area contributed by atoms with Gasteiger partial charge in [0.2, 0.25) is 10.0 Å². The second-order valence-corrected chi connectivity index (χ2v) is 12.8. The molecule has 1 saturated heterocycles. The number of aromatic nitrogens is 4. The van der Waals surface area contributed by atoms with Crippen LogP contribution in [0, 0.1) is 5.92 Å². The van der Waals surface area contributed by atoms with Gasteiger partial charge >= 0.3 is 0 Å². The van der Waals surface area contributed by atoms with E-state index in [2.05, 4.69) is 31.9 Å². The summed E-state index contributed by atoms with van der Waals surface area (Å²) in [4.78, 5) is 18.4. The molecule has 2 N–H and O–H groups in total. The minimum atomic E-state index is -3.41. The Balaban J connectivity index is 1.14. The van der Waals surface area contributed by atoms with Gasteiger partial charge in [0.25, 0.3) is 0 Å². The number of β-amino-alcohol motifs (C(OH)–C–C–N with tert-alkyl or cyclic N) is 1. The second-order valence-electron chi connectivity index (χ2n) is 9.77. The molecule has 3 aromatic rings. The molecule has 188 valence electrons. The molecule has 1 unspecified atom stereocenters. The molecule has 2 fully saturated rings. The Morgan fingerprint density at radius 3 is 2.80 bits per heavy atom. The molecule has 0 aromatic carbocycles. The van der Waals surface area contributed by atoms with Crippen LogP contribution in [0.25, 0.3) is 11.0 Å². The molecular weight excluding hydrogens is 484 g/mol. The molecule has 0 spiro atoms. The third kappa shape index (κ3) is 5.47. The van der Waals surface area contributed by atoms with Crippen LogP contribution < -0.4 is 4.90 Å². The molecule has 5 rings (SSSR count). The van der Waals surface area contributed by atoms with Crippen molar-refractivity contribution < 1.29 is 13.5 Å². The van der Waals surface area contributed by atoms with E-state index >= 15 is 0 Å². The van der Waals surface area contributed by atoms with E-state index < -0.39 is 15.6 Å². The van der Waals surface area contributed by atoms with E-state index in [1.807, 2.05) is 30.5 Å². The minimum Gasteiger partial charge on any atom is -0.388 e. The van der Waals surface area contributed by atoms with Gasteiger partial charge in [-0.15, -0.1) is 11.8 Å². The summed E-state index contributed by atoms with van der Waals surface area (Å²) < 4.78 is 27.9. The lowest BCUT2D eigenvalue weighted by Crippen LogP contribution is -2.41. The molecule has 2 aliphatic rings. The molecule has 0 bridgehead atoms. The molecule has 0 radical (unpaired) electrons. The fourth-order valence-corrected chi connectivity index (χ4v) is 8.14. The van der Waals surface area contributed by atoms with Gasteiger partial charge in [-0.05, 0) is 56.2 Å². The molecule has 0 amide bonds. The summed E-state index contributed by atoms with van der Waals surface area (Å²) in [6.07, 6.45) is 9.21. The topological polar surface area (TPSA) is 115 Å². The van der Waals surface area contributed by atoms with Crippen molar-refractivity contribution in [2.24, 2.45) is 5.92 Å². The zero-order valence-electron chi connectivity index (χ0n) is 19.9. The van der Waals surface area contributed by atoms with Crippen LogP contribution in [0.5, 0.6) is 0 Å². The number of thioether (sulfide) groups is 1. The van der Waals surface area contributed by atoms with Crippen molar-refractivity contribution in [1.29, 1.82) is 0 Å². The quantitative estimate of drug-likeness (QED) is 0.439. The summed E-state index contributed by atoms with van der Waals surface area (Å²) in [5.74, 6) is 1.64. The first-order chi connectivity index (χ1) is 16.8. The predicted molar refractivity (Wildman–Crippen MR) is 138 cm³/mol. The second kappa shape index (κ2) is 10.0. The molecule has 35 heavy (non-hydrogen) atoms. The van der Waals surface area contributed by atoms with Crippen LogP contribution in [-0.4, -0.2) is 81.1 Å². The number of hydrogen-bond acceptors (Lipinski definition) is 8. The van der Waals surface area contributed by atoms with Crippen molar-refractivity contribution in [3.05, 3.63) is 43.0 Å². The number of nitrogens with zero attached hydrogens (tertiary/aromatic N) is 5. The zero-order valence-corrected chi connectivity index (χ0v) is 21.5. The van der Waals surface area contributed by atoms with Gasteiger partial charge in [0.15, 0.2) is 0 Å². The lowest BCUT2D eigenvalue weighted by molar-refractivity contribution is 0.0812. The number of aliphatic hydroxyl groups is 1. The Morgan fingerprint density at radius 1 is 1.20 bits per heavy atom. The highest BCUT2D eigenvalue weighted by Gasteiger charge is 2.42. The van der Waals surface area contributed by atoms with E-state index in [0.717, 1.165) is 47.6 Å². The number of H-pyrrole nitrogens is 1. The Bertz CT molecular complexity index is 1250. The van der Waals surface area contributed by atoms with Crippen LogP contribution in [0.15, 0.2) is 48.0 Å². The van der Waals surface area contributed by atoms with Crippen LogP contribution in [0.3, 0.4) is 0 Å². The molecule has 9 nitrogen and oxygen atoms in total. The van der Waals surface area contributed by atoms with Crippen LogP contribution >= 0.6 is 11.8 Å². The van der Waals surface area contributed by atoms with Crippen molar-refractivity contribution in [2.75, 3.05) is 36.5 Å². The number of rotatable bonds is 8. The highest BCUT2D eigenvalue weighted by atomic mass is 32.2. The molecule has 1 aliphatic carbocycles. The molecule has 4 heterocycles. The number of pyridine rings is 1. The van der Waals surface area contributed by atoms with Gasteiger partial charge in [-0.1, -0.05) is 6.07 Å². The lowest BCUT2D eigenvalue weighted by atomic mass is 9.86. The van der Waals surface area contributed by atoms with Crippen LogP contribution in [-0.2, 0) is 10.0 Å². The van der Waals surface area contributed by atoms with E-state index in [1.165, 1.54) is 16.1 Å². The lowest BCUT2D eigenvalue weighted by Gasteiger charge is -2.35. The SMILES string of the molecule is CN(c1ncnc2[nH]ccc12)[C@H]1CC[C@H](CS(=O)(=O)N2CCC(O)(CSc3ccccn3)C2)CC1. The summed E-state index contributed by atoms with van der Waals surface area (Å²) in [7, 11) is -1.35. The Hall–Kier alpha value is -2.21. The fraction of sp³-hybridized carbons (Fsp3) is 0.542. The Kier molecular flexibility index (Phi) is 7.02. The van der Waals surface area contributed by atoms with Crippen molar-refractivity contribution >= 4 is 38.6 Å². The molecule has 11 heteroatoms. The Labute approximate surface area is 210 Å². The van der Waals surface area contributed by atoms with Crippen molar-refractivity contribution in [3.63, 3.8) is 0 Å². The van der Waals surface area contributed by atoms with Gasteiger partial charge in [-0.25, -0.2) is 23.4 Å². The average Bonchev–Trinajstić information content (AvgIpc) is 3.51. The van der Waals surface area contributed by atoms with Crippen molar-refractivity contribution in [3.8, 4) is 0 Å². The predicted octanol–water partition coefficient (Wildman–Crippen LogP) is 2.91. The Morgan fingerprint density at radius 2 is 2.03 bits per heavy atom. The molecular formula is C24H32N6O3S2. The van der Waals surface area contributed by atoms with E-state index in [1.54, 1.807) is 12.5 Å². The summed E-state index contributed by atoms with van der Waals surface area (Å²) in [6.45, 7) is 0.535. The van der Waals surface area contributed by atoms with Crippen LogP contribution in [0.4, 0.5) is 5.82 Å². The van der Waals surface area contributed by atoms with E-state index in [4.69, 9.17) is 0 Å². The first-order valence-electron chi connectivity index (χ1n) is 12.1. The average molecular weight is 517 g/mol. The number of sulfonamides is 1. The minimum absolute atomic E-state index is 0.138. The number of hydrogen-bond donors (Lipinski definition) is 2. The molecule has 1 aliphatic heterocycles. The maximum absolute atomic E-state index is 13.2. The van der Waals surface area contributed by atoms with Gasteiger partial charge in [-0.3, -0.25) is 0 Å². The van der Waals surface area contributed by atoms with Crippen LogP contribution in [0.1, 0.15) is 32.1 Å². The fourth-order valence-electron chi connectivity index (χ4n) is 5.23. The number of nitrogens with one attached hydrogen (secondary N) is 1. The summed E-state index contributed by atoms with van der Waals surface area (Å²) in [5, 5.41) is 12.8. The first kappa shape index (κ1) is 24.5.